The van der Waals surface area contributed by atoms with Gasteiger partial charge in [-0.1, -0.05) is 0 Å². The SMILES string of the molecule is COc1cc(C(=O)NCC(=O)N/N=C/c2ccc(O)c(O)c2)cc(OC)c1OC. The number of nitrogens with zero attached hydrogens (tertiary/aromatic N) is 1. The van der Waals surface area contributed by atoms with E-state index in [1.807, 2.05) is 0 Å². The van der Waals surface area contributed by atoms with Crippen molar-refractivity contribution in [3.63, 3.8) is 0 Å². The number of carbonyl (C=O) groups excluding carboxylic acids is 2. The van der Waals surface area contributed by atoms with Crippen LogP contribution in [0, 0.1) is 0 Å². The summed E-state index contributed by atoms with van der Waals surface area (Å²) in [6, 6.07) is 6.98. The van der Waals surface area contributed by atoms with E-state index in [1.54, 1.807) is 0 Å². The number of carbonyl (C=O) groups is 2. The summed E-state index contributed by atoms with van der Waals surface area (Å²) in [5.74, 6) is -0.694. The number of rotatable bonds is 8. The summed E-state index contributed by atoms with van der Waals surface area (Å²) < 4.78 is 15.6. The van der Waals surface area contributed by atoms with Crippen LogP contribution in [-0.2, 0) is 4.79 Å². The van der Waals surface area contributed by atoms with Crippen molar-refractivity contribution < 1.29 is 34.0 Å². The van der Waals surface area contributed by atoms with Gasteiger partial charge in [0.05, 0.1) is 34.1 Å². The van der Waals surface area contributed by atoms with Crippen molar-refractivity contribution in [2.45, 2.75) is 0 Å². The summed E-state index contributed by atoms with van der Waals surface area (Å²) in [6.45, 7) is -0.326. The molecular weight excluding hydrogens is 382 g/mol. The van der Waals surface area contributed by atoms with Gasteiger partial charge in [0.15, 0.2) is 23.0 Å². The second kappa shape index (κ2) is 9.83. The van der Waals surface area contributed by atoms with Crippen molar-refractivity contribution in [3.8, 4) is 28.7 Å². The van der Waals surface area contributed by atoms with Crippen LogP contribution >= 0.6 is 0 Å². The molecule has 10 heteroatoms. The van der Waals surface area contributed by atoms with E-state index in [1.165, 1.54) is 57.9 Å². The van der Waals surface area contributed by atoms with Crippen molar-refractivity contribution in [3.05, 3.63) is 41.5 Å². The number of hydrogen-bond acceptors (Lipinski definition) is 8. The fourth-order valence-electron chi connectivity index (χ4n) is 2.31. The molecule has 2 amide bonds. The second-order valence-corrected chi connectivity index (χ2v) is 5.64. The molecule has 2 rings (SSSR count). The Morgan fingerprint density at radius 3 is 2.21 bits per heavy atom. The smallest absolute Gasteiger partial charge is 0.259 e. The third-order valence-corrected chi connectivity index (χ3v) is 3.74. The van der Waals surface area contributed by atoms with E-state index in [0.717, 1.165) is 0 Å². The fourth-order valence-corrected chi connectivity index (χ4v) is 2.31. The molecule has 0 atom stereocenters. The maximum absolute atomic E-state index is 12.3. The predicted octanol–water partition coefficient (Wildman–Crippen LogP) is 1.00. The van der Waals surface area contributed by atoms with Crippen LogP contribution in [0.5, 0.6) is 28.7 Å². The summed E-state index contributed by atoms with van der Waals surface area (Å²) >= 11 is 0. The van der Waals surface area contributed by atoms with Crippen LogP contribution in [-0.4, -0.2) is 56.1 Å². The lowest BCUT2D eigenvalue weighted by molar-refractivity contribution is -0.120. The molecule has 0 fully saturated rings. The minimum absolute atomic E-state index is 0.218. The van der Waals surface area contributed by atoms with Gasteiger partial charge in [0.1, 0.15) is 0 Å². The normalized spacial score (nSPS) is 10.4. The first kappa shape index (κ1) is 21.4. The van der Waals surface area contributed by atoms with E-state index >= 15 is 0 Å². The van der Waals surface area contributed by atoms with Crippen molar-refractivity contribution in [2.24, 2.45) is 5.10 Å². The molecule has 0 aliphatic rings. The molecule has 0 bridgehead atoms. The van der Waals surface area contributed by atoms with Crippen molar-refractivity contribution in [1.82, 2.24) is 10.7 Å². The Hall–Kier alpha value is -3.95. The molecule has 154 valence electrons. The lowest BCUT2D eigenvalue weighted by Crippen LogP contribution is -2.34. The zero-order valence-electron chi connectivity index (χ0n) is 16.1. The molecule has 0 unspecified atom stereocenters. The Morgan fingerprint density at radius 2 is 1.66 bits per heavy atom. The highest BCUT2D eigenvalue weighted by atomic mass is 16.5. The van der Waals surface area contributed by atoms with Gasteiger partial charge in [0.25, 0.3) is 11.8 Å². The minimum atomic E-state index is -0.565. The lowest BCUT2D eigenvalue weighted by atomic mass is 10.1. The number of phenolic OH excluding ortho intramolecular Hbond substituents is 2. The zero-order chi connectivity index (χ0) is 21.4. The number of hydrogen-bond donors (Lipinski definition) is 4. The van der Waals surface area contributed by atoms with Crippen LogP contribution in [0.25, 0.3) is 0 Å². The molecule has 0 aliphatic carbocycles. The molecule has 0 saturated carbocycles. The molecule has 2 aromatic rings. The van der Waals surface area contributed by atoms with Gasteiger partial charge in [-0.05, 0) is 35.9 Å². The van der Waals surface area contributed by atoms with Gasteiger partial charge in [-0.3, -0.25) is 9.59 Å². The monoisotopic (exact) mass is 403 g/mol. The lowest BCUT2D eigenvalue weighted by Gasteiger charge is -2.14. The van der Waals surface area contributed by atoms with Gasteiger partial charge in [-0.15, -0.1) is 0 Å². The quantitative estimate of drug-likeness (QED) is 0.293. The van der Waals surface area contributed by atoms with Gasteiger partial charge in [-0.2, -0.15) is 5.10 Å². The van der Waals surface area contributed by atoms with E-state index in [4.69, 9.17) is 14.2 Å². The van der Waals surface area contributed by atoms with Crippen LogP contribution in [0.3, 0.4) is 0 Å². The average Bonchev–Trinajstić information content (AvgIpc) is 2.73. The summed E-state index contributed by atoms with van der Waals surface area (Å²) in [7, 11) is 4.31. The van der Waals surface area contributed by atoms with Crippen molar-refractivity contribution >= 4 is 18.0 Å². The highest BCUT2D eigenvalue weighted by molar-refractivity contribution is 5.97. The summed E-state index contributed by atoms with van der Waals surface area (Å²) in [4.78, 5) is 24.2. The molecular formula is C19H21N3O7. The van der Waals surface area contributed by atoms with Crippen LogP contribution in [0.1, 0.15) is 15.9 Å². The molecule has 29 heavy (non-hydrogen) atoms. The molecule has 0 heterocycles. The van der Waals surface area contributed by atoms with E-state index in [0.29, 0.717) is 22.8 Å². The Morgan fingerprint density at radius 1 is 1.00 bits per heavy atom. The number of aromatic hydroxyl groups is 2. The highest BCUT2D eigenvalue weighted by Crippen LogP contribution is 2.38. The van der Waals surface area contributed by atoms with Crippen LogP contribution in [0.15, 0.2) is 35.4 Å². The van der Waals surface area contributed by atoms with E-state index in [-0.39, 0.29) is 23.6 Å². The topological polar surface area (TPSA) is 139 Å². The molecule has 0 spiro atoms. The predicted molar refractivity (Wildman–Crippen MR) is 104 cm³/mol. The first-order chi connectivity index (χ1) is 13.9. The zero-order valence-corrected chi connectivity index (χ0v) is 16.1. The fraction of sp³-hybridized carbons (Fsp3) is 0.211. The molecule has 0 saturated heterocycles. The van der Waals surface area contributed by atoms with Crippen molar-refractivity contribution in [2.75, 3.05) is 27.9 Å². The molecule has 10 nitrogen and oxygen atoms in total. The first-order valence-electron chi connectivity index (χ1n) is 8.31. The third kappa shape index (κ3) is 5.51. The molecule has 0 aromatic heterocycles. The Kier molecular flexibility index (Phi) is 7.24. The van der Waals surface area contributed by atoms with Gasteiger partial charge in [-0.25, -0.2) is 5.43 Å². The molecule has 0 aliphatic heterocycles. The van der Waals surface area contributed by atoms with Gasteiger partial charge >= 0.3 is 0 Å². The van der Waals surface area contributed by atoms with E-state index in [9.17, 15) is 19.8 Å². The van der Waals surface area contributed by atoms with Gasteiger partial charge in [0, 0.05) is 5.56 Å². The third-order valence-electron chi connectivity index (χ3n) is 3.74. The maximum Gasteiger partial charge on any atom is 0.259 e. The van der Waals surface area contributed by atoms with Gasteiger partial charge in [0.2, 0.25) is 5.75 Å². The van der Waals surface area contributed by atoms with Crippen LogP contribution in [0.2, 0.25) is 0 Å². The summed E-state index contributed by atoms with van der Waals surface area (Å²) in [5.41, 5.74) is 2.92. The molecule has 2 aromatic carbocycles. The first-order valence-corrected chi connectivity index (χ1v) is 8.31. The number of benzene rings is 2. The number of phenols is 2. The molecule has 4 N–H and O–H groups in total. The summed E-state index contributed by atoms with van der Waals surface area (Å²) in [6.07, 6.45) is 1.28. The largest absolute Gasteiger partial charge is 0.504 e. The summed E-state index contributed by atoms with van der Waals surface area (Å²) in [5, 5.41) is 24.8. The minimum Gasteiger partial charge on any atom is -0.504 e. The number of amides is 2. The highest BCUT2D eigenvalue weighted by Gasteiger charge is 2.17. The Balaban J connectivity index is 1.95. The number of hydrazone groups is 1. The number of methoxy groups -OCH3 is 3. The van der Waals surface area contributed by atoms with E-state index in [2.05, 4.69) is 15.8 Å². The van der Waals surface area contributed by atoms with Crippen LogP contribution in [0.4, 0.5) is 0 Å². The maximum atomic E-state index is 12.3. The van der Waals surface area contributed by atoms with Crippen molar-refractivity contribution in [1.29, 1.82) is 0 Å². The second-order valence-electron chi connectivity index (χ2n) is 5.64. The Labute approximate surface area is 166 Å². The Bertz CT molecular complexity index is 903. The standard InChI is InChI=1S/C19H21N3O7/c1-27-15-7-12(8-16(28-2)18(15)29-3)19(26)20-10-17(25)22-21-9-11-4-5-13(23)14(24)6-11/h4-9,23-24H,10H2,1-3H3,(H,20,26)(H,22,25)/b21-9+. The van der Waals surface area contributed by atoms with Crippen LogP contribution < -0.4 is 25.0 Å². The van der Waals surface area contributed by atoms with E-state index < -0.39 is 11.8 Å². The molecule has 0 radical (unpaired) electrons. The average molecular weight is 403 g/mol. The number of nitrogens with one attached hydrogen (secondary N) is 2. The number of ether oxygens (including phenoxy) is 3. The van der Waals surface area contributed by atoms with Gasteiger partial charge < -0.3 is 29.7 Å².